The summed E-state index contributed by atoms with van der Waals surface area (Å²) in [7, 11) is 0. The number of amides is 1. The van der Waals surface area contributed by atoms with E-state index in [0.717, 1.165) is 28.6 Å². The van der Waals surface area contributed by atoms with Gasteiger partial charge in [-0.1, -0.05) is 6.07 Å². The number of ether oxygens (including phenoxy) is 1. The maximum absolute atomic E-state index is 13.8. The van der Waals surface area contributed by atoms with Crippen molar-refractivity contribution in [3.63, 3.8) is 0 Å². The third-order valence-electron chi connectivity index (χ3n) is 5.47. The van der Waals surface area contributed by atoms with E-state index in [4.69, 9.17) is 4.74 Å². The van der Waals surface area contributed by atoms with Crippen molar-refractivity contribution in [1.29, 1.82) is 0 Å². The van der Waals surface area contributed by atoms with Gasteiger partial charge in [-0.3, -0.25) is 4.79 Å². The van der Waals surface area contributed by atoms with Crippen LogP contribution in [-0.2, 0) is 11.2 Å². The number of nitrogens with zero attached hydrogens (tertiary/aromatic N) is 3. The molecule has 0 aliphatic heterocycles. The number of rotatable bonds is 7. The number of aromatic nitrogens is 3. The second kappa shape index (κ2) is 9.54. The van der Waals surface area contributed by atoms with Crippen molar-refractivity contribution in [3.8, 4) is 11.6 Å². The molecule has 2 aromatic carbocycles. The Kier molecular flexibility index (Phi) is 6.54. The van der Waals surface area contributed by atoms with Crippen molar-refractivity contribution in [2.75, 3.05) is 11.9 Å². The van der Waals surface area contributed by atoms with E-state index >= 15 is 0 Å². The number of carbonyl (C=O) groups excluding carboxylic acids is 1. The summed E-state index contributed by atoms with van der Waals surface area (Å²) in [6.07, 6.45) is 0.383. The molecular weight excluding hydrogens is 445 g/mol. The van der Waals surface area contributed by atoms with Gasteiger partial charge < -0.3 is 10.1 Å². The number of benzene rings is 2. The fourth-order valence-corrected chi connectivity index (χ4v) is 3.91. The molecule has 0 saturated carbocycles. The number of nitrogens with one attached hydrogen (secondary N) is 1. The van der Waals surface area contributed by atoms with E-state index in [0.29, 0.717) is 35.9 Å². The number of fused-ring (bicyclic) bond motifs is 1. The van der Waals surface area contributed by atoms with Crippen LogP contribution in [0.25, 0.3) is 16.7 Å². The highest BCUT2D eigenvalue weighted by molar-refractivity contribution is 5.91. The fraction of sp³-hybridized carbons (Fsp3) is 0.240. The number of anilines is 1. The second-order valence-electron chi connectivity index (χ2n) is 7.81. The van der Waals surface area contributed by atoms with Crippen LogP contribution in [0.15, 0.2) is 42.5 Å². The van der Waals surface area contributed by atoms with E-state index in [-0.39, 0.29) is 23.8 Å². The zero-order valence-corrected chi connectivity index (χ0v) is 19.0. The molecule has 0 aliphatic rings. The normalized spacial score (nSPS) is 11.1. The molecule has 0 radical (unpaired) electrons. The zero-order chi connectivity index (χ0) is 24.4. The van der Waals surface area contributed by atoms with Gasteiger partial charge in [0.25, 0.3) is 0 Å². The number of hydrogen-bond acceptors (Lipinski definition) is 4. The molecule has 0 saturated heterocycles. The molecule has 4 rings (SSSR count). The SMILES string of the molecule is CCOc1nc2c(c(C)nn2-c2cccc(F)c2)c(C)c1CCC(=O)Nc1ccc(F)c(F)c1. The van der Waals surface area contributed by atoms with Crippen LogP contribution < -0.4 is 10.1 Å². The molecule has 2 heterocycles. The van der Waals surface area contributed by atoms with Crippen molar-refractivity contribution < 1.29 is 22.7 Å². The number of aryl methyl sites for hydroxylation is 2. The quantitative estimate of drug-likeness (QED) is 0.393. The van der Waals surface area contributed by atoms with Gasteiger partial charge >= 0.3 is 0 Å². The molecule has 1 N–H and O–H groups in total. The van der Waals surface area contributed by atoms with Crippen LogP contribution in [-0.4, -0.2) is 27.3 Å². The summed E-state index contributed by atoms with van der Waals surface area (Å²) in [4.78, 5) is 17.1. The smallest absolute Gasteiger partial charge is 0.224 e. The summed E-state index contributed by atoms with van der Waals surface area (Å²) in [6.45, 7) is 5.93. The van der Waals surface area contributed by atoms with Gasteiger partial charge in [-0.05, 0) is 63.1 Å². The third kappa shape index (κ3) is 4.59. The van der Waals surface area contributed by atoms with Crippen molar-refractivity contribution in [2.45, 2.75) is 33.6 Å². The molecule has 9 heteroatoms. The largest absolute Gasteiger partial charge is 0.478 e. The molecule has 0 unspecified atom stereocenters. The summed E-state index contributed by atoms with van der Waals surface area (Å²) in [5.74, 6) is -2.40. The highest BCUT2D eigenvalue weighted by Gasteiger charge is 2.21. The molecule has 176 valence electrons. The second-order valence-corrected chi connectivity index (χ2v) is 7.81. The number of halogens is 3. The van der Waals surface area contributed by atoms with Crippen LogP contribution in [0.4, 0.5) is 18.9 Å². The van der Waals surface area contributed by atoms with E-state index in [9.17, 15) is 18.0 Å². The van der Waals surface area contributed by atoms with Crippen molar-refractivity contribution in [3.05, 3.63) is 76.7 Å². The van der Waals surface area contributed by atoms with Gasteiger partial charge in [0.15, 0.2) is 17.3 Å². The van der Waals surface area contributed by atoms with Gasteiger partial charge in [-0.15, -0.1) is 0 Å². The molecule has 2 aromatic heterocycles. The Balaban J connectivity index is 1.66. The molecule has 0 bridgehead atoms. The summed E-state index contributed by atoms with van der Waals surface area (Å²) >= 11 is 0. The highest BCUT2D eigenvalue weighted by atomic mass is 19.2. The Morgan fingerprint density at radius 3 is 2.59 bits per heavy atom. The summed E-state index contributed by atoms with van der Waals surface area (Å²) < 4.78 is 47.7. The highest BCUT2D eigenvalue weighted by Crippen LogP contribution is 2.32. The molecule has 1 amide bonds. The molecular formula is C25H23F3N4O2. The van der Waals surface area contributed by atoms with E-state index in [2.05, 4.69) is 15.4 Å². The van der Waals surface area contributed by atoms with Gasteiger partial charge in [0.2, 0.25) is 11.8 Å². The van der Waals surface area contributed by atoms with Crippen molar-refractivity contribution in [1.82, 2.24) is 14.8 Å². The van der Waals surface area contributed by atoms with Crippen LogP contribution in [0.2, 0.25) is 0 Å². The Bertz CT molecular complexity index is 1380. The van der Waals surface area contributed by atoms with Crippen LogP contribution in [0.1, 0.15) is 30.2 Å². The first-order valence-electron chi connectivity index (χ1n) is 10.8. The van der Waals surface area contributed by atoms with Crippen LogP contribution in [0, 0.1) is 31.3 Å². The molecule has 0 spiro atoms. The minimum atomic E-state index is -1.03. The fourth-order valence-electron chi connectivity index (χ4n) is 3.91. The van der Waals surface area contributed by atoms with Gasteiger partial charge in [0.05, 0.1) is 18.0 Å². The van der Waals surface area contributed by atoms with Crippen LogP contribution in [0.5, 0.6) is 5.88 Å². The van der Waals surface area contributed by atoms with E-state index in [1.807, 2.05) is 20.8 Å². The Morgan fingerprint density at radius 1 is 1.09 bits per heavy atom. The number of hydrogen-bond donors (Lipinski definition) is 1. The first-order chi connectivity index (χ1) is 16.3. The Morgan fingerprint density at radius 2 is 1.88 bits per heavy atom. The van der Waals surface area contributed by atoms with Gasteiger partial charge in [-0.2, -0.15) is 10.1 Å². The first-order valence-corrected chi connectivity index (χ1v) is 10.8. The zero-order valence-electron chi connectivity index (χ0n) is 19.0. The van der Waals surface area contributed by atoms with E-state index in [1.54, 1.807) is 16.8 Å². The number of carbonyl (C=O) groups is 1. The molecule has 0 fully saturated rings. The average Bonchev–Trinajstić information content (AvgIpc) is 3.12. The maximum Gasteiger partial charge on any atom is 0.224 e. The van der Waals surface area contributed by atoms with E-state index < -0.39 is 11.6 Å². The van der Waals surface area contributed by atoms with Crippen LogP contribution in [0.3, 0.4) is 0 Å². The summed E-state index contributed by atoms with van der Waals surface area (Å²) in [5.41, 5.74) is 3.54. The maximum atomic E-state index is 13.8. The monoisotopic (exact) mass is 468 g/mol. The van der Waals surface area contributed by atoms with Gasteiger partial charge in [-0.25, -0.2) is 17.9 Å². The standard InChI is InChI=1S/C25H23F3N4O2/c1-4-34-25-19(9-11-22(33)29-17-8-10-20(27)21(28)13-17)14(2)23-15(3)31-32(24(23)30-25)18-7-5-6-16(26)12-18/h5-8,10,12-13H,4,9,11H2,1-3H3,(H,29,33). The topological polar surface area (TPSA) is 69.0 Å². The summed E-state index contributed by atoms with van der Waals surface area (Å²) in [5, 5.41) is 7.92. The molecule has 0 aliphatic carbocycles. The minimum Gasteiger partial charge on any atom is -0.478 e. The van der Waals surface area contributed by atoms with Gasteiger partial charge in [0.1, 0.15) is 5.82 Å². The lowest BCUT2D eigenvalue weighted by Crippen LogP contribution is -2.14. The first kappa shape index (κ1) is 23.3. The van der Waals surface area contributed by atoms with E-state index in [1.165, 1.54) is 18.2 Å². The lowest BCUT2D eigenvalue weighted by molar-refractivity contribution is -0.116. The molecule has 4 aromatic rings. The summed E-state index contributed by atoms with van der Waals surface area (Å²) in [6, 6.07) is 9.26. The number of pyridine rings is 1. The Hall–Kier alpha value is -3.88. The third-order valence-corrected chi connectivity index (χ3v) is 5.47. The van der Waals surface area contributed by atoms with Gasteiger partial charge in [0, 0.05) is 29.1 Å². The Labute approximate surface area is 194 Å². The van der Waals surface area contributed by atoms with Crippen molar-refractivity contribution in [2.24, 2.45) is 0 Å². The predicted molar refractivity (Wildman–Crippen MR) is 123 cm³/mol. The average molecular weight is 468 g/mol. The molecule has 0 atom stereocenters. The molecule has 6 nitrogen and oxygen atoms in total. The lowest BCUT2D eigenvalue weighted by atomic mass is 10.0. The molecule has 34 heavy (non-hydrogen) atoms. The minimum absolute atomic E-state index is 0.0736. The predicted octanol–water partition coefficient (Wildman–Crippen LogP) is 5.42. The van der Waals surface area contributed by atoms with Crippen molar-refractivity contribution >= 4 is 22.6 Å². The lowest BCUT2D eigenvalue weighted by Gasteiger charge is -2.14. The van der Waals surface area contributed by atoms with Crippen LogP contribution >= 0.6 is 0 Å².